The first-order valence-electron chi connectivity index (χ1n) is 11.6. The van der Waals surface area contributed by atoms with E-state index in [1.54, 1.807) is 31.4 Å². The lowest BCUT2D eigenvalue weighted by Crippen LogP contribution is -2.53. The van der Waals surface area contributed by atoms with Crippen LogP contribution in [0.3, 0.4) is 0 Å². The summed E-state index contributed by atoms with van der Waals surface area (Å²) < 4.78 is 31.8. The van der Waals surface area contributed by atoms with Gasteiger partial charge in [-0.15, -0.1) is 0 Å². The normalized spacial score (nSPS) is 12.2. The average molecular weight is 504 g/mol. The Kier molecular flexibility index (Phi) is 9.71. The van der Waals surface area contributed by atoms with E-state index in [1.807, 2.05) is 52.8 Å². The molecule has 1 atom stereocenters. The minimum Gasteiger partial charge on any atom is -0.497 e. The summed E-state index contributed by atoms with van der Waals surface area (Å²) in [6.07, 6.45) is 1.45. The van der Waals surface area contributed by atoms with Gasteiger partial charge in [0, 0.05) is 12.6 Å². The molecule has 0 aromatic heterocycles. The predicted molar refractivity (Wildman–Crippen MR) is 139 cm³/mol. The summed E-state index contributed by atoms with van der Waals surface area (Å²) in [6, 6.07) is 11.6. The first kappa shape index (κ1) is 28.2. The van der Waals surface area contributed by atoms with Crippen molar-refractivity contribution in [2.75, 3.05) is 24.2 Å². The van der Waals surface area contributed by atoms with E-state index in [4.69, 9.17) is 4.74 Å². The zero-order chi connectivity index (χ0) is 26.3. The van der Waals surface area contributed by atoms with Gasteiger partial charge >= 0.3 is 0 Å². The Labute approximate surface area is 209 Å². The van der Waals surface area contributed by atoms with Crippen molar-refractivity contribution in [2.24, 2.45) is 0 Å². The molecule has 2 rings (SSSR count). The number of hydrogen-bond donors (Lipinski definition) is 1. The van der Waals surface area contributed by atoms with Crippen molar-refractivity contribution in [1.29, 1.82) is 0 Å². The van der Waals surface area contributed by atoms with Crippen molar-refractivity contribution < 1.29 is 22.7 Å². The second kappa shape index (κ2) is 12.1. The van der Waals surface area contributed by atoms with Crippen LogP contribution in [0.4, 0.5) is 5.69 Å². The number of nitrogens with zero attached hydrogens (tertiary/aromatic N) is 2. The molecule has 0 saturated carbocycles. The molecular weight excluding hydrogens is 466 g/mol. The third-order valence-electron chi connectivity index (χ3n) is 5.76. The van der Waals surface area contributed by atoms with Crippen molar-refractivity contribution >= 4 is 27.5 Å². The average Bonchev–Trinajstić information content (AvgIpc) is 2.78. The van der Waals surface area contributed by atoms with Gasteiger partial charge in [0.2, 0.25) is 21.8 Å². The highest BCUT2D eigenvalue weighted by molar-refractivity contribution is 7.92. The van der Waals surface area contributed by atoms with Crippen molar-refractivity contribution in [3.63, 3.8) is 0 Å². The van der Waals surface area contributed by atoms with E-state index < -0.39 is 28.5 Å². The van der Waals surface area contributed by atoms with Crippen LogP contribution in [0.25, 0.3) is 0 Å². The summed E-state index contributed by atoms with van der Waals surface area (Å²) >= 11 is 0. The first-order chi connectivity index (χ1) is 16.4. The standard InChI is InChI=1S/C26H37N3O5S/c1-8-24(26(31)27-18(2)3)28(16-21-10-9-11-23(15-21)34-6)25(30)17-29(35(7,32)33)22-13-12-19(4)20(5)14-22/h9-15,18,24H,8,16-17H2,1-7H3,(H,27,31)/t24-/m1/s1. The van der Waals surface area contributed by atoms with Gasteiger partial charge in [0.15, 0.2) is 0 Å². The van der Waals surface area contributed by atoms with Crippen molar-refractivity contribution in [2.45, 2.75) is 59.7 Å². The van der Waals surface area contributed by atoms with Crippen LogP contribution in [0.2, 0.25) is 0 Å². The number of benzene rings is 2. The fraction of sp³-hybridized carbons (Fsp3) is 0.462. The number of hydrogen-bond acceptors (Lipinski definition) is 5. The van der Waals surface area contributed by atoms with Crippen LogP contribution in [0.1, 0.15) is 43.9 Å². The summed E-state index contributed by atoms with van der Waals surface area (Å²) in [4.78, 5) is 28.2. The van der Waals surface area contributed by atoms with Gasteiger partial charge in [0.1, 0.15) is 18.3 Å². The lowest BCUT2D eigenvalue weighted by atomic mass is 10.1. The molecule has 0 saturated heterocycles. The molecule has 0 unspecified atom stereocenters. The van der Waals surface area contributed by atoms with Crippen molar-refractivity contribution in [3.05, 3.63) is 59.2 Å². The second-order valence-electron chi connectivity index (χ2n) is 9.00. The van der Waals surface area contributed by atoms with E-state index in [0.29, 0.717) is 17.9 Å². The monoisotopic (exact) mass is 503 g/mol. The summed E-state index contributed by atoms with van der Waals surface area (Å²) in [5.41, 5.74) is 3.11. The molecule has 192 valence electrons. The number of methoxy groups -OCH3 is 1. The number of nitrogens with one attached hydrogen (secondary N) is 1. The maximum absolute atomic E-state index is 13.7. The molecule has 0 radical (unpaired) electrons. The predicted octanol–water partition coefficient (Wildman–Crippen LogP) is 3.41. The first-order valence-corrected chi connectivity index (χ1v) is 13.5. The highest BCUT2D eigenvalue weighted by atomic mass is 32.2. The molecule has 8 nitrogen and oxygen atoms in total. The van der Waals surface area contributed by atoms with Gasteiger partial charge in [-0.25, -0.2) is 8.42 Å². The van der Waals surface area contributed by atoms with Crippen LogP contribution in [0, 0.1) is 13.8 Å². The van der Waals surface area contributed by atoms with Crippen LogP contribution in [0.5, 0.6) is 5.75 Å². The summed E-state index contributed by atoms with van der Waals surface area (Å²) in [5.74, 6) is -0.125. The number of sulfonamides is 1. The molecular formula is C26H37N3O5S. The molecule has 2 aromatic rings. The Balaban J connectivity index is 2.47. The molecule has 0 aliphatic carbocycles. The number of aryl methyl sites for hydroxylation is 2. The molecule has 0 spiro atoms. The maximum Gasteiger partial charge on any atom is 0.244 e. The van der Waals surface area contributed by atoms with Crippen LogP contribution in [-0.2, 0) is 26.2 Å². The van der Waals surface area contributed by atoms with Crippen LogP contribution < -0.4 is 14.4 Å². The van der Waals surface area contributed by atoms with Crippen molar-refractivity contribution in [3.8, 4) is 5.75 Å². The molecule has 2 amide bonds. The maximum atomic E-state index is 13.7. The minimum absolute atomic E-state index is 0.103. The Hall–Kier alpha value is -3.07. The molecule has 1 N–H and O–H groups in total. The zero-order valence-corrected chi connectivity index (χ0v) is 22.5. The molecule has 0 aliphatic heterocycles. The minimum atomic E-state index is -3.77. The van der Waals surface area contributed by atoms with E-state index in [2.05, 4.69) is 5.32 Å². The van der Waals surface area contributed by atoms with E-state index >= 15 is 0 Å². The van der Waals surface area contributed by atoms with Gasteiger partial charge in [-0.2, -0.15) is 0 Å². The smallest absolute Gasteiger partial charge is 0.244 e. The highest BCUT2D eigenvalue weighted by Crippen LogP contribution is 2.23. The van der Waals surface area contributed by atoms with E-state index in [9.17, 15) is 18.0 Å². The lowest BCUT2D eigenvalue weighted by Gasteiger charge is -2.33. The quantitative estimate of drug-likeness (QED) is 0.507. The van der Waals surface area contributed by atoms with Crippen LogP contribution in [-0.4, -0.2) is 57.1 Å². The third kappa shape index (κ3) is 7.71. The van der Waals surface area contributed by atoms with Gasteiger partial charge in [-0.1, -0.05) is 25.1 Å². The number of rotatable bonds is 11. The number of anilines is 1. The second-order valence-corrected chi connectivity index (χ2v) is 10.9. The summed E-state index contributed by atoms with van der Waals surface area (Å²) in [5, 5.41) is 2.88. The Morgan fingerprint density at radius 1 is 1.06 bits per heavy atom. The summed E-state index contributed by atoms with van der Waals surface area (Å²) in [7, 11) is -2.21. The number of amides is 2. The van der Waals surface area contributed by atoms with E-state index in [-0.39, 0.29) is 18.5 Å². The number of ether oxygens (including phenoxy) is 1. The molecule has 0 fully saturated rings. The fourth-order valence-electron chi connectivity index (χ4n) is 3.76. The molecule has 0 aliphatic rings. The Morgan fingerprint density at radius 3 is 2.29 bits per heavy atom. The van der Waals surface area contributed by atoms with Crippen LogP contribution >= 0.6 is 0 Å². The largest absolute Gasteiger partial charge is 0.497 e. The van der Waals surface area contributed by atoms with Gasteiger partial charge in [0.25, 0.3) is 0 Å². The Morgan fingerprint density at radius 2 is 1.74 bits per heavy atom. The molecule has 2 aromatic carbocycles. The Bertz CT molecular complexity index is 1150. The SMILES string of the molecule is CC[C@H](C(=O)NC(C)C)N(Cc1cccc(OC)c1)C(=O)CN(c1ccc(C)c(C)c1)S(C)(=O)=O. The van der Waals surface area contributed by atoms with Gasteiger partial charge in [-0.3, -0.25) is 13.9 Å². The lowest BCUT2D eigenvalue weighted by molar-refractivity contribution is -0.140. The van der Waals surface area contributed by atoms with Crippen LogP contribution in [0.15, 0.2) is 42.5 Å². The fourth-order valence-corrected chi connectivity index (χ4v) is 4.60. The van der Waals surface area contributed by atoms with Crippen molar-refractivity contribution in [1.82, 2.24) is 10.2 Å². The van der Waals surface area contributed by atoms with Gasteiger partial charge in [-0.05, 0) is 75.1 Å². The molecule has 0 bridgehead atoms. The third-order valence-corrected chi connectivity index (χ3v) is 6.90. The van der Waals surface area contributed by atoms with Gasteiger partial charge < -0.3 is 15.0 Å². The highest BCUT2D eigenvalue weighted by Gasteiger charge is 2.32. The number of carbonyl (C=O) groups excluding carboxylic acids is 2. The molecule has 9 heteroatoms. The summed E-state index contributed by atoms with van der Waals surface area (Å²) in [6.45, 7) is 9.06. The van der Waals surface area contributed by atoms with Gasteiger partial charge in [0.05, 0.1) is 19.1 Å². The van der Waals surface area contributed by atoms with E-state index in [1.165, 1.54) is 4.90 Å². The zero-order valence-electron chi connectivity index (χ0n) is 21.7. The molecule has 35 heavy (non-hydrogen) atoms. The van der Waals surface area contributed by atoms with E-state index in [0.717, 1.165) is 27.3 Å². The topological polar surface area (TPSA) is 96.0 Å². The number of carbonyl (C=O) groups is 2. The molecule has 0 heterocycles.